The number of anilines is 1. The second kappa shape index (κ2) is 9.88. The average molecular weight is 387 g/mol. The van der Waals surface area contributed by atoms with Gasteiger partial charge in [0.1, 0.15) is 0 Å². The van der Waals surface area contributed by atoms with Crippen LogP contribution in [0.15, 0.2) is 42.5 Å². The molecule has 0 bridgehead atoms. The molecule has 0 unspecified atom stereocenters. The molecule has 5 nitrogen and oxygen atoms in total. The van der Waals surface area contributed by atoms with Crippen LogP contribution in [0.5, 0.6) is 5.75 Å². The van der Waals surface area contributed by atoms with E-state index in [2.05, 4.69) is 19.2 Å². The molecule has 2 aromatic rings. The second-order valence-corrected chi connectivity index (χ2v) is 6.66. The molecule has 0 aliphatic rings. The van der Waals surface area contributed by atoms with Crippen molar-refractivity contribution in [2.24, 2.45) is 0 Å². The number of rotatable bonds is 8. The highest BCUT2D eigenvalue weighted by Crippen LogP contribution is 2.26. The van der Waals surface area contributed by atoms with E-state index in [-0.39, 0.29) is 12.2 Å². The van der Waals surface area contributed by atoms with E-state index in [0.29, 0.717) is 17.2 Å². The molecule has 1 amide bonds. The zero-order valence-electron chi connectivity index (χ0n) is 16.6. The summed E-state index contributed by atoms with van der Waals surface area (Å²) in [6.07, 6.45) is -0.168. The van der Waals surface area contributed by atoms with Crippen LogP contribution in [-0.2, 0) is 20.7 Å². The maximum absolute atomic E-state index is 13.7. The van der Waals surface area contributed by atoms with Gasteiger partial charge in [-0.25, -0.2) is 4.39 Å². The third-order valence-electron chi connectivity index (χ3n) is 4.60. The minimum atomic E-state index is -0.972. The zero-order valence-corrected chi connectivity index (χ0v) is 16.6. The first-order chi connectivity index (χ1) is 13.3. The predicted molar refractivity (Wildman–Crippen MR) is 106 cm³/mol. The number of esters is 1. The highest BCUT2D eigenvalue weighted by Gasteiger charge is 2.20. The number of carbonyl (C=O) groups is 2. The van der Waals surface area contributed by atoms with Gasteiger partial charge in [0.2, 0.25) is 0 Å². The van der Waals surface area contributed by atoms with E-state index in [4.69, 9.17) is 9.47 Å². The van der Waals surface area contributed by atoms with Gasteiger partial charge in [-0.15, -0.1) is 0 Å². The minimum absolute atomic E-state index is 0.102. The zero-order chi connectivity index (χ0) is 20.7. The number of carbonyl (C=O) groups excluding carboxylic acids is 2. The summed E-state index contributed by atoms with van der Waals surface area (Å²) in [6, 6.07) is 11.8. The molecule has 0 aliphatic carbocycles. The Morgan fingerprint density at radius 3 is 2.50 bits per heavy atom. The number of benzene rings is 2. The standard InChI is InChI=1S/C22H26FNO4/c1-5-14(2)17-8-6-7-9-19(17)24-22(26)15(3)28-21(25)13-16-10-11-20(27-4)18(23)12-16/h6-12,14-15H,5,13H2,1-4H3,(H,24,26)/t14-,15-/m1/s1. The van der Waals surface area contributed by atoms with Crippen LogP contribution < -0.4 is 10.1 Å². The lowest BCUT2D eigenvalue weighted by molar-refractivity contribution is -0.152. The van der Waals surface area contributed by atoms with Crippen LogP contribution >= 0.6 is 0 Å². The molecule has 0 spiro atoms. The molecule has 0 heterocycles. The summed E-state index contributed by atoms with van der Waals surface area (Å²) in [5, 5.41) is 2.83. The monoisotopic (exact) mass is 387 g/mol. The Bertz CT molecular complexity index is 837. The second-order valence-electron chi connectivity index (χ2n) is 6.66. The molecule has 2 atom stereocenters. The summed E-state index contributed by atoms with van der Waals surface area (Å²) in [4.78, 5) is 24.5. The predicted octanol–water partition coefficient (Wildman–Crippen LogP) is 4.46. The Labute approximate surface area is 164 Å². The number of nitrogens with one attached hydrogen (secondary N) is 1. The van der Waals surface area contributed by atoms with Crippen molar-refractivity contribution in [3.8, 4) is 5.75 Å². The Morgan fingerprint density at radius 2 is 1.86 bits per heavy atom. The molecule has 6 heteroatoms. The van der Waals surface area contributed by atoms with Gasteiger partial charge in [-0.1, -0.05) is 38.1 Å². The summed E-state index contributed by atoms with van der Waals surface area (Å²) < 4.78 is 23.8. The Morgan fingerprint density at radius 1 is 1.14 bits per heavy atom. The number of hydrogen-bond donors (Lipinski definition) is 1. The first kappa shape index (κ1) is 21.4. The lowest BCUT2D eigenvalue weighted by Crippen LogP contribution is -2.30. The molecule has 0 radical (unpaired) electrons. The quantitative estimate of drug-likeness (QED) is 0.679. The van der Waals surface area contributed by atoms with Gasteiger partial charge in [0.25, 0.3) is 5.91 Å². The van der Waals surface area contributed by atoms with Gasteiger partial charge in [-0.3, -0.25) is 9.59 Å². The van der Waals surface area contributed by atoms with Crippen molar-refractivity contribution in [3.63, 3.8) is 0 Å². The third kappa shape index (κ3) is 5.55. The molecule has 2 rings (SSSR count). The van der Waals surface area contributed by atoms with Crippen molar-refractivity contribution in [2.45, 2.75) is 45.6 Å². The fourth-order valence-electron chi connectivity index (χ4n) is 2.77. The molecule has 2 aromatic carbocycles. The summed E-state index contributed by atoms with van der Waals surface area (Å²) in [6.45, 7) is 5.67. The van der Waals surface area contributed by atoms with E-state index in [0.717, 1.165) is 12.0 Å². The van der Waals surface area contributed by atoms with Gasteiger partial charge >= 0.3 is 5.97 Å². The van der Waals surface area contributed by atoms with E-state index < -0.39 is 23.8 Å². The number of amides is 1. The largest absolute Gasteiger partial charge is 0.494 e. The number of halogens is 1. The minimum Gasteiger partial charge on any atom is -0.494 e. The number of methoxy groups -OCH3 is 1. The lowest BCUT2D eigenvalue weighted by Gasteiger charge is -2.18. The first-order valence-corrected chi connectivity index (χ1v) is 9.27. The molecule has 150 valence electrons. The fourth-order valence-corrected chi connectivity index (χ4v) is 2.77. The summed E-state index contributed by atoms with van der Waals surface area (Å²) in [7, 11) is 1.37. The molecule has 28 heavy (non-hydrogen) atoms. The van der Waals surface area contributed by atoms with Gasteiger partial charge in [0.05, 0.1) is 13.5 Å². The van der Waals surface area contributed by atoms with Crippen LogP contribution in [0.25, 0.3) is 0 Å². The SMILES string of the molecule is CC[C@@H](C)c1ccccc1NC(=O)[C@@H](C)OC(=O)Cc1ccc(OC)c(F)c1. The van der Waals surface area contributed by atoms with Gasteiger partial charge in [-0.2, -0.15) is 0 Å². The van der Waals surface area contributed by atoms with Gasteiger partial charge in [-0.05, 0) is 48.6 Å². The summed E-state index contributed by atoms with van der Waals surface area (Å²) >= 11 is 0. The summed E-state index contributed by atoms with van der Waals surface area (Å²) in [5.41, 5.74) is 2.19. The third-order valence-corrected chi connectivity index (χ3v) is 4.60. The number of ether oxygens (including phenoxy) is 2. The first-order valence-electron chi connectivity index (χ1n) is 9.27. The van der Waals surface area contributed by atoms with Crippen LogP contribution in [0.3, 0.4) is 0 Å². The van der Waals surface area contributed by atoms with Crippen LogP contribution in [0.4, 0.5) is 10.1 Å². The molecule has 0 fully saturated rings. The fraction of sp³-hybridized carbons (Fsp3) is 0.364. The summed E-state index contributed by atoms with van der Waals surface area (Å²) in [5.74, 6) is -1.18. The highest BCUT2D eigenvalue weighted by molar-refractivity contribution is 5.95. The molecule has 0 saturated carbocycles. The maximum atomic E-state index is 13.7. The van der Waals surface area contributed by atoms with Gasteiger partial charge in [0, 0.05) is 5.69 Å². The Kier molecular flexibility index (Phi) is 7.55. The number of hydrogen-bond acceptors (Lipinski definition) is 4. The van der Waals surface area contributed by atoms with Crippen molar-refractivity contribution in [3.05, 3.63) is 59.4 Å². The molecule has 0 saturated heterocycles. The lowest BCUT2D eigenvalue weighted by atomic mass is 9.97. The Balaban J connectivity index is 1.97. The van der Waals surface area contributed by atoms with Crippen LogP contribution in [-0.4, -0.2) is 25.1 Å². The van der Waals surface area contributed by atoms with Crippen molar-refractivity contribution in [1.29, 1.82) is 0 Å². The van der Waals surface area contributed by atoms with Crippen molar-refractivity contribution in [1.82, 2.24) is 0 Å². The molecule has 1 N–H and O–H groups in total. The molecule has 0 aliphatic heterocycles. The van der Waals surface area contributed by atoms with E-state index in [1.807, 2.05) is 24.3 Å². The Hall–Kier alpha value is -2.89. The van der Waals surface area contributed by atoms with E-state index in [9.17, 15) is 14.0 Å². The van der Waals surface area contributed by atoms with Gasteiger partial charge < -0.3 is 14.8 Å². The topological polar surface area (TPSA) is 64.6 Å². The van der Waals surface area contributed by atoms with Gasteiger partial charge in [0.15, 0.2) is 17.7 Å². The normalized spacial score (nSPS) is 12.8. The van der Waals surface area contributed by atoms with E-state index >= 15 is 0 Å². The average Bonchev–Trinajstić information content (AvgIpc) is 2.67. The van der Waals surface area contributed by atoms with Crippen LogP contribution in [0.2, 0.25) is 0 Å². The van der Waals surface area contributed by atoms with E-state index in [1.54, 1.807) is 6.07 Å². The van der Waals surface area contributed by atoms with Crippen LogP contribution in [0.1, 0.15) is 44.2 Å². The van der Waals surface area contributed by atoms with Crippen molar-refractivity contribution >= 4 is 17.6 Å². The van der Waals surface area contributed by atoms with Crippen LogP contribution in [0, 0.1) is 5.82 Å². The number of para-hydroxylation sites is 1. The maximum Gasteiger partial charge on any atom is 0.311 e. The molecular formula is C22H26FNO4. The molecular weight excluding hydrogens is 361 g/mol. The van der Waals surface area contributed by atoms with Crippen molar-refractivity contribution < 1.29 is 23.5 Å². The smallest absolute Gasteiger partial charge is 0.311 e. The van der Waals surface area contributed by atoms with E-state index in [1.165, 1.54) is 26.2 Å². The molecule has 0 aromatic heterocycles. The van der Waals surface area contributed by atoms with Crippen molar-refractivity contribution in [2.75, 3.05) is 12.4 Å². The highest BCUT2D eigenvalue weighted by atomic mass is 19.1.